The van der Waals surface area contributed by atoms with Crippen molar-refractivity contribution in [1.82, 2.24) is 5.32 Å². The van der Waals surface area contributed by atoms with Crippen LogP contribution in [0.15, 0.2) is 12.2 Å². The van der Waals surface area contributed by atoms with E-state index in [1.807, 2.05) is 0 Å². The molecule has 0 aliphatic carbocycles. The Balaban J connectivity index is 3.52. The van der Waals surface area contributed by atoms with E-state index in [1.54, 1.807) is 6.92 Å². The quantitative estimate of drug-likeness (QED) is 0.354. The molecule has 0 saturated carbocycles. The van der Waals surface area contributed by atoms with Crippen LogP contribution in [0.4, 0.5) is 4.79 Å². The van der Waals surface area contributed by atoms with Crippen LogP contribution in [0.5, 0.6) is 0 Å². The first kappa shape index (κ1) is 17.4. The van der Waals surface area contributed by atoms with E-state index in [2.05, 4.69) is 16.6 Å². The van der Waals surface area contributed by atoms with Crippen molar-refractivity contribution >= 4 is 46.9 Å². The zero-order valence-corrected chi connectivity index (χ0v) is 12.1. The van der Waals surface area contributed by atoms with E-state index in [1.165, 1.54) is 0 Å². The number of carbonyl (C=O) groups is 2. The zero-order chi connectivity index (χ0) is 14.2. The highest BCUT2D eigenvalue weighted by atomic mass is 35.6. The fourth-order valence-corrected chi connectivity index (χ4v) is 0.913. The third-order valence-electron chi connectivity index (χ3n) is 1.54. The summed E-state index contributed by atoms with van der Waals surface area (Å²) in [5.74, 6) is -0.464. The SMILES string of the molecule is C=C(C)C(=O)OCCCNC(=O)OCC(Cl)(Cl)Cl. The lowest BCUT2D eigenvalue weighted by Crippen LogP contribution is -2.29. The molecule has 0 heterocycles. The molecule has 0 spiro atoms. The first-order valence-corrected chi connectivity index (χ1v) is 6.16. The van der Waals surface area contributed by atoms with E-state index in [-0.39, 0.29) is 19.8 Å². The molecule has 0 rings (SSSR count). The smallest absolute Gasteiger partial charge is 0.407 e. The van der Waals surface area contributed by atoms with Crippen LogP contribution in [0.3, 0.4) is 0 Å². The zero-order valence-electron chi connectivity index (χ0n) is 9.80. The summed E-state index contributed by atoms with van der Waals surface area (Å²) >= 11 is 16.2. The molecule has 0 saturated heterocycles. The van der Waals surface area contributed by atoms with Gasteiger partial charge in [-0.15, -0.1) is 0 Å². The Bertz CT molecular complexity index is 315. The molecule has 8 heteroatoms. The normalized spacial score (nSPS) is 10.7. The third kappa shape index (κ3) is 10.5. The number of nitrogens with one attached hydrogen (secondary N) is 1. The van der Waals surface area contributed by atoms with Crippen molar-refractivity contribution in [3.63, 3.8) is 0 Å². The molecule has 104 valence electrons. The molecule has 0 aromatic heterocycles. The van der Waals surface area contributed by atoms with Crippen molar-refractivity contribution in [1.29, 1.82) is 0 Å². The van der Waals surface area contributed by atoms with Gasteiger partial charge in [-0.25, -0.2) is 9.59 Å². The van der Waals surface area contributed by atoms with Crippen molar-refractivity contribution < 1.29 is 19.1 Å². The molecule has 0 atom stereocenters. The lowest BCUT2D eigenvalue weighted by atomic mass is 10.3. The number of ether oxygens (including phenoxy) is 2. The van der Waals surface area contributed by atoms with Crippen LogP contribution < -0.4 is 5.32 Å². The van der Waals surface area contributed by atoms with Crippen molar-refractivity contribution in [3.05, 3.63) is 12.2 Å². The predicted octanol–water partition coefficient (Wildman–Crippen LogP) is 2.59. The second-order valence-electron chi connectivity index (χ2n) is 3.39. The first-order chi connectivity index (χ1) is 8.22. The number of carbonyl (C=O) groups excluding carboxylic acids is 2. The maximum Gasteiger partial charge on any atom is 0.407 e. The van der Waals surface area contributed by atoms with Gasteiger partial charge in [-0.05, 0) is 13.3 Å². The number of rotatable bonds is 6. The molecular weight excluding hydrogens is 304 g/mol. The molecule has 0 bridgehead atoms. The minimum absolute atomic E-state index is 0.177. The Morgan fingerprint density at radius 2 is 1.89 bits per heavy atom. The summed E-state index contributed by atoms with van der Waals surface area (Å²) < 4.78 is 7.78. The maximum atomic E-state index is 11.1. The number of amides is 1. The predicted molar refractivity (Wildman–Crippen MR) is 70.0 cm³/mol. The van der Waals surface area contributed by atoms with Gasteiger partial charge in [-0.2, -0.15) is 0 Å². The molecule has 1 N–H and O–H groups in total. The molecular formula is C10H14Cl3NO4. The van der Waals surface area contributed by atoms with Gasteiger partial charge in [-0.1, -0.05) is 41.4 Å². The molecule has 18 heavy (non-hydrogen) atoms. The first-order valence-electron chi connectivity index (χ1n) is 5.02. The van der Waals surface area contributed by atoms with Crippen molar-refractivity contribution in [2.24, 2.45) is 0 Å². The standard InChI is InChI=1S/C10H14Cl3NO4/c1-7(2)8(15)17-5-3-4-14-9(16)18-6-10(11,12)13/h1,3-6H2,2H3,(H,14,16). The Labute approximate surface area is 120 Å². The molecule has 0 unspecified atom stereocenters. The van der Waals surface area contributed by atoms with Gasteiger partial charge >= 0.3 is 12.1 Å². The highest BCUT2D eigenvalue weighted by Gasteiger charge is 2.21. The van der Waals surface area contributed by atoms with Crippen molar-refractivity contribution in [3.8, 4) is 0 Å². The van der Waals surface area contributed by atoms with Crippen molar-refractivity contribution in [2.75, 3.05) is 19.8 Å². The number of halogens is 3. The van der Waals surface area contributed by atoms with Crippen LogP contribution in [0.25, 0.3) is 0 Å². The van der Waals surface area contributed by atoms with Gasteiger partial charge in [0.1, 0.15) is 6.61 Å². The Morgan fingerprint density at radius 1 is 1.28 bits per heavy atom. The summed E-state index contributed by atoms with van der Waals surface area (Å²) in [4.78, 5) is 22.0. The Hall–Kier alpha value is -0.650. The summed E-state index contributed by atoms with van der Waals surface area (Å²) in [6.45, 7) is 5.10. The number of alkyl halides is 3. The summed E-state index contributed by atoms with van der Waals surface area (Å²) in [6, 6.07) is 0. The number of esters is 1. The summed E-state index contributed by atoms with van der Waals surface area (Å²) in [5, 5.41) is 2.41. The summed E-state index contributed by atoms with van der Waals surface area (Å²) in [5.41, 5.74) is 0.324. The van der Waals surface area contributed by atoms with Gasteiger partial charge in [0, 0.05) is 12.1 Å². The maximum absolute atomic E-state index is 11.1. The van der Waals surface area contributed by atoms with E-state index in [4.69, 9.17) is 39.5 Å². The van der Waals surface area contributed by atoms with Crippen LogP contribution in [0.1, 0.15) is 13.3 Å². The molecule has 0 aromatic rings. The average molecular weight is 319 g/mol. The molecule has 0 fully saturated rings. The van der Waals surface area contributed by atoms with Gasteiger partial charge in [0.25, 0.3) is 0 Å². The van der Waals surface area contributed by atoms with Gasteiger partial charge < -0.3 is 14.8 Å². The lowest BCUT2D eigenvalue weighted by molar-refractivity contribution is -0.138. The van der Waals surface area contributed by atoms with E-state index < -0.39 is 15.9 Å². The molecule has 0 radical (unpaired) electrons. The molecule has 0 aliphatic heterocycles. The summed E-state index contributed by atoms with van der Waals surface area (Å²) in [7, 11) is 0. The average Bonchev–Trinajstić information content (AvgIpc) is 2.24. The van der Waals surface area contributed by atoms with Crippen LogP contribution in [-0.2, 0) is 14.3 Å². The van der Waals surface area contributed by atoms with Crippen molar-refractivity contribution in [2.45, 2.75) is 17.1 Å². The minimum atomic E-state index is -1.63. The van der Waals surface area contributed by atoms with E-state index in [9.17, 15) is 9.59 Å². The molecule has 0 aliphatic rings. The second-order valence-corrected chi connectivity index (χ2v) is 5.90. The Kier molecular flexibility index (Phi) is 8.15. The van der Waals surface area contributed by atoms with Gasteiger partial charge in [0.2, 0.25) is 3.79 Å². The lowest BCUT2D eigenvalue weighted by Gasteiger charge is -2.11. The molecule has 0 aromatic carbocycles. The van der Waals surface area contributed by atoms with Crippen LogP contribution in [-0.4, -0.2) is 35.6 Å². The summed E-state index contributed by atoms with van der Waals surface area (Å²) in [6.07, 6.45) is -0.255. The van der Waals surface area contributed by atoms with Crippen LogP contribution in [0, 0.1) is 0 Å². The molecule has 1 amide bonds. The van der Waals surface area contributed by atoms with Crippen LogP contribution >= 0.6 is 34.8 Å². The van der Waals surface area contributed by atoms with E-state index in [0.717, 1.165) is 0 Å². The topological polar surface area (TPSA) is 64.6 Å². The second kappa shape index (κ2) is 8.45. The van der Waals surface area contributed by atoms with Gasteiger partial charge in [0.15, 0.2) is 0 Å². The number of hydrogen-bond acceptors (Lipinski definition) is 4. The van der Waals surface area contributed by atoms with Gasteiger partial charge in [-0.3, -0.25) is 0 Å². The largest absolute Gasteiger partial charge is 0.462 e. The molecule has 5 nitrogen and oxygen atoms in total. The van der Waals surface area contributed by atoms with Gasteiger partial charge in [0.05, 0.1) is 6.61 Å². The fourth-order valence-electron chi connectivity index (χ4n) is 0.749. The monoisotopic (exact) mass is 317 g/mol. The van der Waals surface area contributed by atoms with E-state index in [0.29, 0.717) is 12.0 Å². The fraction of sp³-hybridized carbons (Fsp3) is 0.600. The minimum Gasteiger partial charge on any atom is -0.462 e. The highest BCUT2D eigenvalue weighted by molar-refractivity contribution is 6.67. The number of hydrogen-bond donors (Lipinski definition) is 1. The van der Waals surface area contributed by atoms with Crippen LogP contribution in [0.2, 0.25) is 0 Å². The third-order valence-corrected chi connectivity index (χ3v) is 1.87. The highest BCUT2D eigenvalue weighted by Crippen LogP contribution is 2.25. The Morgan fingerprint density at radius 3 is 2.39 bits per heavy atom. The number of alkyl carbamates (subject to hydrolysis) is 1. The van der Waals surface area contributed by atoms with E-state index >= 15 is 0 Å².